The summed E-state index contributed by atoms with van der Waals surface area (Å²) in [7, 11) is 0. The van der Waals surface area contributed by atoms with E-state index in [-0.39, 0.29) is 24.3 Å². The molecule has 0 spiro atoms. The Kier molecular flexibility index (Phi) is 5.21. The van der Waals surface area contributed by atoms with Crippen LogP contribution in [0.4, 0.5) is 4.79 Å². The van der Waals surface area contributed by atoms with Crippen LogP contribution in [0.15, 0.2) is 0 Å². The van der Waals surface area contributed by atoms with Gasteiger partial charge in [-0.15, -0.1) is 0 Å². The predicted octanol–water partition coefficient (Wildman–Crippen LogP) is 1.75. The molecule has 0 saturated carbocycles. The third kappa shape index (κ3) is 5.37. The number of carbonyl (C=O) groups excluding carboxylic acids is 1. The van der Waals surface area contributed by atoms with Crippen molar-refractivity contribution in [3.63, 3.8) is 0 Å². The zero-order valence-corrected chi connectivity index (χ0v) is 12.8. The summed E-state index contributed by atoms with van der Waals surface area (Å²) in [6, 6.07) is 0.167. The van der Waals surface area contributed by atoms with Gasteiger partial charge >= 0.3 is 6.09 Å². The maximum atomic E-state index is 11.7. The van der Waals surface area contributed by atoms with E-state index in [0.717, 1.165) is 25.9 Å². The summed E-state index contributed by atoms with van der Waals surface area (Å²) in [6.07, 6.45) is 1.44. The number of hydrogen-bond donors (Lipinski definition) is 2. The van der Waals surface area contributed by atoms with Gasteiger partial charge in [-0.25, -0.2) is 4.79 Å². The molecule has 0 aliphatic carbocycles. The highest BCUT2D eigenvalue weighted by Gasteiger charge is 2.31. The van der Waals surface area contributed by atoms with Gasteiger partial charge in [0, 0.05) is 24.7 Å². The van der Waals surface area contributed by atoms with Gasteiger partial charge in [0.05, 0.1) is 6.61 Å². The molecule has 0 bridgehead atoms. The third-order valence-electron chi connectivity index (χ3n) is 3.46. The molecule has 0 aromatic carbocycles. The summed E-state index contributed by atoms with van der Waals surface area (Å²) in [5.41, 5.74) is -0.638. The summed E-state index contributed by atoms with van der Waals surface area (Å²) < 4.78 is 5.25. The highest BCUT2D eigenvalue weighted by molar-refractivity contribution is 5.68. The van der Waals surface area contributed by atoms with Crippen molar-refractivity contribution in [1.82, 2.24) is 10.2 Å². The maximum absolute atomic E-state index is 11.7. The first-order chi connectivity index (χ1) is 8.64. The third-order valence-corrected chi connectivity index (χ3v) is 3.46. The van der Waals surface area contributed by atoms with Crippen molar-refractivity contribution in [2.45, 2.75) is 64.6 Å². The molecular weight excluding hydrogens is 244 g/mol. The van der Waals surface area contributed by atoms with Gasteiger partial charge in [0.2, 0.25) is 0 Å². The number of nitrogens with one attached hydrogen (secondary N) is 1. The van der Waals surface area contributed by atoms with E-state index in [1.165, 1.54) is 0 Å². The lowest BCUT2D eigenvalue weighted by molar-refractivity contribution is 0.0273. The van der Waals surface area contributed by atoms with Gasteiger partial charge in [0.1, 0.15) is 5.60 Å². The van der Waals surface area contributed by atoms with Crippen LogP contribution in [0.2, 0.25) is 0 Å². The van der Waals surface area contributed by atoms with Crippen LogP contribution in [0.3, 0.4) is 0 Å². The van der Waals surface area contributed by atoms with Crippen molar-refractivity contribution in [2.75, 3.05) is 19.7 Å². The second kappa shape index (κ2) is 6.09. The first-order valence-electron chi connectivity index (χ1n) is 6.99. The van der Waals surface area contributed by atoms with Crippen LogP contribution in [0.25, 0.3) is 0 Å². The van der Waals surface area contributed by atoms with Crippen molar-refractivity contribution in [3.8, 4) is 0 Å². The molecule has 2 N–H and O–H groups in total. The first-order valence-corrected chi connectivity index (χ1v) is 6.99. The monoisotopic (exact) mass is 272 g/mol. The van der Waals surface area contributed by atoms with Gasteiger partial charge in [-0.1, -0.05) is 0 Å². The minimum Gasteiger partial charge on any atom is -0.444 e. The van der Waals surface area contributed by atoms with E-state index in [9.17, 15) is 9.90 Å². The SMILES string of the molecule is CC(C)(C)OC(=O)NC1CCN(C(C)(C)CO)CC1. The molecule has 1 rings (SSSR count). The van der Waals surface area contributed by atoms with E-state index in [0.29, 0.717) is 0 Å². The molecule has 0 aromatic heterocycles. The Morgan fingerprint density at radius 3 is 2.21 bits per heavy atom. The molecule has 0 radical (unpaired) electrons. The Morgan fingerprint density at radius 1 is 1.26 bits per heavy atom. The second-order valence-corrected chi connectivity index (χ2v) is 6.88. The summed E-state index contributed by atoms with van der Waals surface area (Å²) >= 11 is 0. The van der Waals surface area contributed by atoms with Crippen molar-refractivity contribution in [2.24, 2.45) is 0 Å². The standard InChI is InChI=1S/C14H28N2O3/c1-13(2,3)19-12(18)15-11-6-8-16(9-7-11)14(4,5)10-17/h11,17H,6-10H2,1-5H3,(H,15,18). The number of ether oxygens (including phenoxy) is 1. The molecule has 1 aliphatic heterocycles. The molecular formula is C14H28N2O3. The van der Waals surface area contributed by atoms with E-state index in [2.05, 4.69) is 10.2 Å². The molecule has 1 saturated heterocycles. The van der Waals surface area contributed by atoms with Crippen molar-refractivity contribution >= 4 is 6.09 Å². The van der Waals surface area contributed by atoms with Crippen molar-refractivity contribution < 1.29 is 14.6 Å². The molecule has 5 heteroatoms. The van der Waals surface area contributed by atoms with Crippen LogP contribution in [0.1, 0.15) is 47.5 Å². The van der Waals surface area contributed by atoms with Gasteiger partial charge in [-0.2, -0.15) is 0 Å². The number of rotatable bonds is 3. The molecule has 5 nitrogen and oxygen atoms in total. The van der Waals surface area contributed by atoms with Crippen molar-refractivity contribution in [1.29, 1.82) is 0 Å². The highest BCUT2D eigenvalue weighted by Crippen LogP contribution is 2.20. The number of carbonyl (C=O) groups is 1. The lowest BCUT2D eigenvalue weighted by atomic mass is 9.97. The molecule has 0 unspecified atom stereocenters. The summed E-state index contributed by atoms with van der Waals surface area (Å²) in [5.74, 6) is 0. The van der Waals surface area contributed by atoms with Crippen LogP contribution < -0.4 is 5.32 Å². The minimum atomic E-state index is -0.455. The average Bonchev–Trinajstić information content (AvgIpc) is 2.27. The van der Waals surface area contributed by atoms with Crippen LogP contribution >= 0.6 is 0 Å². The van der Waals surface area contributed by atoms with Crippen LogP contribution in [0, 0.1) is 0 Å². The van der Waals surface area contributed by atoms with Gasteiger partial charge in [-0.3, -0.25) is 4.90 Å². The van der Waals surface area contributed by atoms with E-state index in [1.807, 2.05) is 34.6 Å². The number of piperidine rings is 1. The number of alkyl carbamates (subject to hydrolysis) is 1. The van der Waals surface area contributed by atoms with E-state index in [1.54, 1.807) is 0 Å². The fourth-order valence-corrected chi connectivity index (χ4v) is 2.20. The highest BCUT2D eigenvalue weighted by atomic mass is 16.6. The number of aliphatic hydroxyl groups is 1. The van der Waals surface area contributed by atoms with Gasteiger partial charge in [0.15, 0.2) is 0 Å². The Morgan fingerprint density at radius 2 is 1.79 bits per heavy atom. The summed E-state index contributed by atoms with van der Waals surface area (Å²) in [4.78, 5) is 13.9. The molecule has 0 atom stereocenters. The largest absolute Gasteiger partial charge is 0.444 e. The molecule has 1 fully saturated rings. The van der Waals surface area contributed by atoms with E-state index >= 15 is 0 Å². The van der Waals surface area contributed by atoms with Gasteiger partial charge in [0.25, 0.3) is 0 Å². The number of likely N-dealkylation sites (tertiary alicyclic amines) is 1. The predicted molar refractivity (Wildman–Crippen MR) is 75.1 cm³/mol. The zero-order chi connectivity index (χ0) is 14.7. The Labute approximate surface area is 116 Å². The first kappa shape index (κ1) is 16.2. The van der Waals surface area contributed by atoms with E-state index in [4.69, 9.17) is 4.74 Å². The van der Waals surface area contributed by atoms with Crippen molar-refractivity contribution in [3.05, 3.63) is 0 Å². The molecule has 0 aromatic rings. The summed E-state index contributed by atoms with van der Waals surface area (Å²) in [5, 5.41) is 12.3. The molecule has 1 aliphatic rings. The molecule has 112 valence electrons. The topological polar surface area (TPSA) is 61.8 Å². The van der Waals surface area contributed by atoms with Crippen LogP contribution in [-0.2, 0) is 4.74 Å². The average molecular weight is 272 g/mol. The Hall–Kier alpha value is -0.810. The maximum Gasteiger partial charge on any atom is 0.407 e. The Balaban J connectivity index is 2.37. The summed E-state index contributed by atoms with van der Waals surface area (Å²) in [6.45, 7) is 11.6. The smallest absolute Gasteiger partial charge is 0.407 e. The quantitative estimate of drug-likeness (QED) is 0.821. The van der Waals surface area contributed by atoms with Gasteiger partial charge in [-0.05, 0) is 47.5 Å². The number of amides is 1. The molecule has 1 heterocycles. The van der Waals surface area contributed by atoms with Crippen LogP contribution in [-0.4, -0.2) is 53.0 Å². The molecule has 1 amide bonds. The lowest BCUT2D eigenvalue weighted by Crippen LogP contribution is -2.54. The fourth-order valence-electron chi connectivity index (χ4n) is 2.20. The Bertz CT molecular complexity index is 302. The fraction of sp³-hybridized carbons (Fsp3) is 0.929. The van der Waals surface area contributed by atoms with Gasteiger partial charge < -0.3 is 15.2 Å². The number of hydrogen-bond acceptors (Lipinski definition) is 4. The number of nitrogens with zero attached hydrogens (tertiary/aromatic N) is 1. The molecule has 19 heavy (non-hydrogen) atoms. The normalized spacial score (nSPS) is 19.3. The second-order valence-electron chi connectivity index (χ2n) is 6.88. The van der Waals surface area contributed by atoms with E-state index < -0.39 is 5.60 Å². The number of aliphatic hydroxyl groups excluding tert-OH is 1. The minimum absolute atomic E-state index is 0.150. The van der Waals surface area contributed by atoms with Crippen LogP contribution in [0.5, 0.6) is 0 Å². The zero-order valence-electron chi connectivity index (χ0n) is 12.8. The lowest BCUT2D eigenvalue weighted by Gasteiger charge is -2.42.